The van der Waals surface area contributed by atoms with Gasteiger partial charge in [0.25, 0.3) is 0 Å². The average molecular weight is 202 g/mol. The maximum atomic E-state index is 9.17. The summed E-state index contributed by atoms with van der Waals surface area (Å²) in [5.41, 5.74) is 0.0869. The van der Waals surface area contributed by atoms with Gasteiger partial charge in [-0.15, -0.1) is 0 Å². The molecule has 0 spiro atoms. The second-order valence-electron chi connectivity index (χ2n) is 5.62. The van der Waals surface area contributed by atoms with Gasteiger partial charge in [0.1, 0.15) is 0 Å². The van der Waals surface area contributed by atoms with E-state index in [1.54, 1.807) is 0 Å². The van der Waals surface area contributed by atoms with Gasteiger partial charge in [-0.1, -0.05) is 34.6 Å². The highest BCUT2D eigenvalue weighted by molar-refractivity contribution is 4.76. The second-order valence-corrected chi connectivity index (χ2v) is 5.62. The predicted octanol–water partition coefficient (Wildman–Crippen LogP) is 2.85. The summed E-state index contributed by atoms with van der Waals surface area (Å²) in [5.74, 6) is 0. The fraction of sp³-hybridized carbons (Fsp3) is 1.00. The lowest BCUT2D eigenvalue weighted by Gasteiger charge is -2.33. The molecule has 1 N–H and O–H groups in total. The Labute approximate surface area is 88.7 Å². The van der Waals surface area contributed by atoms with Crippen molar-refractivity contribution in [2.24, 2.45) is 10.8 Å². The number of rotatable bonds is 6. The van der Waals surface area contributed by atoms with Crippen molar-refractivity contribution >= 4 is 0 Å². The molecule has 1 atom stereocenters. The molecule has 0 aliphatic heterocycles. The van der Waals surface area contributed by atoms with Crippen molar-refractivity contribution in [1.82, 2.24) is 0 Å². The second kappa shape index (κ2) is 5.13. The lowest BCUT2D eigenvalue weighted by atomic mass is 9.87. The summed E-state index contributed by atoms with van der Waals surface area (Å²) >= 11 is 0. The largest absolute Gasteiger partial charge is 0.396 e. The van der Waals surface area contributed by atoms with Crippen molar-refractivity contribution in [1.29, 1.82) is 0 Å². The van der Waals surface area contributed by atoms with Crippen molar-refractivity contribution in [3.63, 3.8) is 0 Å². The zero-order valence-corrected chi connectivity index (χ0v) is 10.6. The molecule has 1 unspecified atom stereocenters. The van der Waals surface area contributed by atoms with Crippen molar-refractivity contribution in [2.45, 2.75) is 54.1 Å². The number of ether oxygens (including phenoxy) is 1. The van der Waals surface area contributed by atoms with E-state index in [2.05, 4.69) is 20.8 Å². The molecule has 0 saturated carbocycles. The fourth-order valence-electron chi connectivity index (χ4n) is 0.807. The SMILES string of the molecule is CCC(C)(C)COC(C)C(C)(C)CO. The fourth-order valence-corrected chi connectivity index (χ4v) is 0.807. The molecule has 0 aromatic carbocycles. The maximum Gasteiger partial charge on any atom is 0.0620 e. The zero-order valence-electron chi connectivity index (χ0n) is 10.6. The summed E-state index contributed by atoms with van der Waals surface area (Å²) in [5, 5.41) is 9.17. The van der Waals surface area contributed by atoms with E-state index in [1.165, 1.54) is 0 Å². The highest BCUT2D eigenvalue weighted by Crippen LogP contribution is 2.26. The quantitative estimate of drug-likeness (QED) is 0.717. The van der Waals surface area contributed by atoms with E-state index in [9.17, 15) is 5.11 Å². The molecule has 0 aromatic heterocycles. The monoisotopic (exact) mass is 202 g/mol. The van der Waals surface area contributed by atoms with Crippen LogP contribution in [0.4, 0.5) is 0 Å². The molecule has 0 aliphatic rings. The standard InChI is InChI=1S/C12H26O2/c1-7-11(3,4)9-14-10(2)12(5,6)8-13/h10,13H,7-9H2,1-6H3. The van der Waals surface area contributed by atoms with E-state index >= 15 is 0 Å². The molecule has 14 heavy (non-hydrogen) atoms. The van der Waals surface area contributed by atoms with Crippen LogP contribution in [0.2, 0.25) is 0 Å². The number of hydrogen-bond donors (Lipinski definition) is 1. The van der Waals surface area contributed by atoms with Gasteiger partial charge in [0.2, 0.25) is 0 Å². The van der Waals surface area contributed by atoms with Crippen LogP contribution >= 0.6 is 0 Å². The molecule has 2 heteroatoms. The lowest BCUT2D eigenvalue weighted by molar-refractivity contribution is -0.0646. The average Bonchev–Trinajstić information content (AvgIpc) is 2.14. The smallest absolute Gasteiger partial charge is 0.0620 e. The van der Waals surface area contributed by atoms with E-state index in [-0.39, 0.29) is 23.5 Å². The van der Waals surface area contributed by atoms with Gasteiger partial charge in [-0.05, 0) is 18.8 Å². The Balaban J connectivity index is 4.02. The van der Waals surface area contributed by atoms with Crippen LogP contribution in [-0.2, 0) is 4.74 Å². The Kier molecular flexibility index (Phi) is 5.10. The first-order chi connectivity index (χ1) is 6.25. The summed E-state index contributed by atoms with van der Waals surface area (Å²) < 4.78 is 5.79. The number of aliphatic hydroxyl groups excluding tert-OH is 1. The Bertz CT molecular complexity index is 162. The summed E-state index contributed by atoms with van der Waals surface area (Å²) in [6.07, 6.45) is 1.21. The molecule has 0 aliphatic carbocycles. The van der Waals surface area contributed by atoms with Crippen LogP contribution in [0.5, 0.6) is 0 Å². The molecule has 0 saturated heterocycles. The Morgan fingerprint density at radius 2 is 1.71 bits per heavy atom. The molecule has 0 aromatic rings. The zero-order chi connectivity index (χ0) is 11.4. The van der Waals surface area contributed by atoms with Gasteiger partial charge in [0.15, 0.2) is 0 Å². The van der Waals surface area contributed by atoms with Crippen LogP contribution in [-0.4, -0.2) is 24.4 Å². The predicted molar refractivity (Wildman–Crippen MR) is 60.4 cm³/mol. The summed E-state index contributed by atoms with van der Waals surface area (Å²) in [4.78, 5) is 0. The minimum absolute atomic E-state index is 0.0957. The van der Waals surface area contributed by atoms with Crippen LogP contribution in [0.1, 0.15) is 48.0 Å². The topological polar surface area (TPSA) is 29.5 Å². The molecule has 0 rings (SSSR count). The van der Waals surface area contributed by atoms with Gasteiger partial charge >= 0.3 is 0 Å². The highest BCUT2D eigenvalue weighted by atomic mass is 16.5. The summed E-state index contributed by atoms with van der Waals surface area (Å²) in [6, 6.07) is 0. The minimum atomic E-state index is -0.149. The first kappa shape index (κ1) is 13.9. The van der Waals surface area contributed by atoms with Gasteiger partial charge in [-0.3, -0.25) is 0 Å². The Morgan fingerprint density at radius 3 is 2.07 bits per heavy atom. The van der Waals surface area contributed by atoms with Crippen molar-refractivity contribution < 1.29 is 9.84 Å². The maximum absolute atomic E-state index is 9.17. The van der Waals surface area contributed by atoms with Crippen molar-refractivity contribution in [3.8, 4) is 0 Å². The van der Waals surface area contributed by atoms with Gasteiger partial charge in [-0.2, -0.15) is 0 Å². The third kappa shape index (κ3) is 4.43. The van der Waals surface area contributed by atoms with Crippen LogP contribution in [0.15, 0.2) is 0 Å². The molecule has 0 bridgehead atoms. The Hall–Kier alpha value is -0.0800. The van der Waals surface area contributed by atoms with Crippen molar-refractivity contribution in [3.05, 3.63) is 0 Å². The molecule has 0 amide bonds. The van der Waals surface area contributed by atoms with Crippen LogP contribution in [0.3, 0.4) is 0 Å². The van der Waals surface area contributed by atoms with Crippen LogP contribution < -0.4 is 0 Å². The molecule has 2 nitrogen and oxygen atoms in total. The van der Waals surface area contributed by atoms with Gasteiger partial charge in [0, 0.05) is 5.41 Å². The van der Waals surface area contributed by atoms with E-state index in [1.807, 2.05) is 20.8 Å². The molecule has 0 heterocycles. The first-order valence-corrected chi connectivity index (χ1v) is 5.47. The summed E-state index contributed by atoms with van der Waals surface area (Å²) in [6.45, 7) is 13.6. The summed E-state index contributed by atoms with van der Waals surface area (Å²) in [7, 11) is 0. The molecular weight excluding hydrogens is 176 g/mol. The number of aliphatic hydroxyl groups is 1. The molecule has 0 radical (unpaired) electrons. The Morgan fingerprint density at radius 1 is 1.21 bits per heavy atom. The normalized spacial score (nSPS) is 15.6. The molecular formula is C12H26O2. The van der Waals surface area contributed by atoms with E-state index < -0.39 is 0 Å². The van der Waals surface area contributed by atoms with Crippen LogP contribution in [0.25, 0.3) is 0 Å². The minimum Gasteiger partial charge on any atom is -0.396 e. The molecule has 0 fully saturated rings. The highest BCUT2D eigenvalue weighted by Gasteiger charge is 2.27. The van der Waals surface area contributed by atoms with E-state index in [0.29, 0.717) is 0 Å². The van der Waals surface area contributed by atoms with E-state index in [0.717, 1.165) is 13.0 Å². The van der Waals surface area contributed by atoms with Crippen LogP contribution in [0, 0.1) is 10.8 Å². The molecule has 86 valence electrons. The third-order valence-electron chi connectivity index (χ3n) is 3.19. The van der Waals surface area contributed by atoms with Gasteiger partial charge in [-0.25, -0.2) is 0 Å². The lowest BCUT2D eigenvalue weighted by Crippen LogP contribution is -2.35. The van der Waals surface area contributed by atoms with Gasteiger partial charge < -0.3 is 9.84 Å². The first-order valence-electron chi connectivity index (χ1n) is 5.47. The number of hydrogen-bond acceptors (Lipinski definition) is 2. The van der Waals surface area contributed by atoms with Crippen molar-refractivity contribution in [2.75, 3.05) is 13.2 Å². The van der Waals surface area contributed by atoms with Gasteiger partial charge in [0.05, 0.1) is 19.3 Å². The third-order valence-corrected chi connectivity index (χ3v) is 3.19. The van der Waals surface area contributed by atoms with E-state index in [4.69, 9.17) is 4.74 Å².